The Kier molecular flexibility index (Phi) is 5.88. The van der Waals surface area contributed by atoms with Crippen LogP contribution in [0.2, 0.25) is 0 Å². The molecule has 2 heterocycles. The van der Waals surface area contributed by atoms with E-state index < -0.39 is 11.9 Å². The molecule has 3 aromatic rings. The lowest BCUT2D eigenvalue weighted by molar-refractivity contribution is -0.122. The third-order valence-electron chi connectivity index (χ3n) is 5.01. The summed E-state index contributed by atoms with van der Waals surface area (Å²) in [7, 11) is 0. The Morgan fingerprint density at radius 2 is 1.83 bits per heavy atom. The zero-order chi connectivity index (χ0) is 20.9. The molecule has 0 bridgehead atoms. The minimum absolute atomic E-state index is 0.309. The van der Waals surface area contributed by atoms with E-state index in [-0.39, 0.29) is 5.91 Å². The Morgan fingerprint density at radius 3 is 2.50 bits per heavy atom. The maximum atomic E-state index is 13.3. The van der Waals surface area contributed by atoms with Gasteiger partial charge < -0.3 is 15.0 Å². The fraction of sp³-hybridized carbons (Fsp3) is 0.261. The topological polar surface area (TPSA) is 67.3 Å². The highest BCUT2D eigenvalue weighted by molar-refractivity contribution is 5.94. The lowest BCUT2D eigenvalue weighted by Crippen LogP contribution is -2.30. The Hall–Kier alpha value is -3.48. The zero-order valence-electron chi connectivity index (χ0n) is 16.7. The molecule has 1 N–H and O–H groups in total. The molecular formula is C23H23FN4O2. The molecule has 154 valence electrons. The van der Waals surface area contributed by atoms with Crippen LogP contribution in [0, 0.1) is 5.82 Å². The Balaban J connectivity index is 1.36. The van der Waals surface area contributed by atoms with Crippen molar-refractivity contribution in [2.45, 2.75) is 25.9 Å². The zero-order valence-corrected chi connectivity index (χ0v) is 16.7. The fourth-order valence-electron chi connectivity index (χ4n) is 3.36. The van der Waals surface area contributed by atoms with Gasteiger partial charge in [0.2, 0.25) is 0 Å². The summed E-state index contributed by atoms with van der Waals surface area (Å²) in [4.78, 5) is 14.6. The van der Waals surface area contributed by atoms with E-state index >= 15 is 0 Å². The molecule has 0 spiro atoms. The third-order valence-corrected chi connectivity index (χ3v) is 5.01. The summed E-state index contributed by atoms with van der Waals surface area (Å²) in [5, 5.41) is 11.5. The van der Waals surface area contributed by atoms with Crippen molar-refractivity contribution in [2.75, 3.05) is 23.3 Å². The lowest BCUT2D eigenvalue weighted by atomic mass is 10.1. The van der Waals surface area contributed by atoms with Crippen LogP contribution in [0.15, 0.2) is 60.7 Å². The highest BCUT2D eigenvalue weighted by atomic mass is 19.1. The number of anilines is 2. The van der Waals surface area contributed by atoms with E-state index in [2.05, 4.69) is 20.4 Å². The summed E-state index contributed by atoms with van der Waals surface area (Å²) >= 11 is 0. The van der Waals surface area contributed by atoms with Crippen LogP contribution in [0.3, 0.4) is 0 Å². The number of rotatable bonds is 6. The number of carbonyl (C=O) groups is 1. The van der Waals surface area contributed by atoms with E-state index in [1.807, 2.05) is 24.3 Å². The number of carbonyl (C=O) groups excluding carboxylic acids is 1. The minimum atomic E-state index is -0.768. The highest BCUT2D eigenvalue weighted by Gasteiger charge is 2.16. The number of hydrogen-bond acceptors (Lipinski definition) is 5. The number of nitrogens with zero attached hydrogens (tertiary/aromatic N) is 3. The molecule has 1 aliphatic rings. The summed E-state index contributed by atoms with van der Waals surface area (Å²) in [6.07, 6.45) is 1.63. The van der Waals surface area contributed by atoms with Crippen LogP contribution in [0.1, 0.15) is 19.8 Å². The first-order chi connectivity index (χ1) is 14.6. The number of benzene rings is 2. The predicted octanol–water partition coefficient (Wildman–Crippen LogP) is 4.29. The lowest BCUT2D eigenvalue weighted by Gasteiger charge is -2.15. The molecule has 30 heavy (non-hydrogen) atoms. The monoisotopic (exact) mass is 406 g/mol. The van der Waals surface area contributed by atoms with Gasteiger partial charge in [-0.25, -0.2) is 4.39 Å². The van der Waals surface area contributed by atoms with Gasteiger partial charge >= 0.3 is 0 Å². The molecule has 1 aromatic heterocycles. The van der Waals surface area contributed by atoms with Crippen LogP contribution >= 0.6 is 0 Å². The van der Waals surface area contributed by atoms with Crippen LogP contribution in [0.4, 0.5) is 15.9 Å². The number of aromatic nitrogens is 2. The molecule has 4 rings (SSSR count). The third kappa shape index (κ3) is 4.74. The summed E-state index contributed by atoms with van der Waals surface area (Å²) in [5.41, 5.74) is 2.33. The molecule has 1 fully saturated rings. The largest absolute Gasteiger partial charge is 0.481 e. The van der Waals surface area contributed by atoms with Crippen LogP contribution in [0.25, 0.3) is 11.3 Å². The number of hydrogen-bond donors (Lipinski definition) is 1. The average molecular weight is 406 g/mol. The van der Waals surface area contributed by atoms with Crippen molar-refractivity contribution in [3.63, 3.8) is 0 Å². The second-order valence-corrected chi connectivity index (χ2v) is 7.25. The van der Waals surface area contributed by atoms with Gasteiger partial charge in [-0.3, -0.25) is 4.79 Å². The van der Waals surface area contributed by atoms with Crippen LogP contribution < -0.4 is 15.0 Å². The van der Waals surface area contributed by atoms with Crippen molar-refractivity contribution < 1.29 is 13.9 Å². The van der Waals surface area contributed by atoms with Crippen molar-refractivity contribution >= 4 is 17.4 Å². The quantitative estimate of drug-likeness (QED) is 0.662. The van der Waals surface area contributed by atoms with Crippen LogP contribution in [-0.2, 0) is 4.79 Å². The van der Waals surface area contributed by atoms with Gasteiger partial charge in [0.05, 0.1) is 5.69 Å². The Bertz CT molecular complexity index is 1000. The van der Waals surface area contributed by atoms with Gasteiger partial charge in [0.15, 0.2) is 11.9 Å². The molecule has 1 atom stereocenters. The van der Waals surface area contributed by atoms with E-state index in [1.54, 1.807) is 25.1 Å². The molecule has 0 aliphatic carbocycles. The van der Waals surface area contributed by atoms with E-state index in [0.717, 1.165) is 30.2 Å². The van der Waals surface area contributed by atoms with E-state index in [0.29, 0.717) is 11.4 Å². The molecule has 0 saturated carbocycles. The summed E-state index contributed by atoms with van der Waals surface area (Å²) in [5.74, 6) is 0.491. The first kappa shape index (κ1) is 19.8. The first-order valence-corrected chi connectivity index (χ1v) is 10.0. The van der Waals surface area contributed by atoms with E-state index in [4.69, 9.17) is 4.74 Å². The Morgan fingerprint density at radius 1 is 1.07 bits per heavy atom. The van der Waals surface area contributed by atoms with Crippen molar-refractivity contribution in [2.24, 2.45) is 0 Å². The van der Waals surface area contributed by atoms with Crippen molar-refractivity contribution in [1.82, 2.24) is 10.2 Å². The number of nitrogens with one attached hydrogen (secondary N) is 1. The normalized spacial score (nSPS) is 14.4. The number of amides is 1. The summed E-state index contributed by atoms with van der Waals surface area (Å²) in [6, 6.07) is 17.0. The van der Waals surface area contributed by atoms with Crippen molar-refractivity contribution in [1.29, 1.82) is 0 Å². The molecule has 7 heteroatoms. The van der Waals surface area contributed by atoms with Crippen molar-refractivity contribution in [3.8, 4) is 17.0 Å². The second kappa shape index (κ2) is 8.90. The molecule has 6 nitrogen and oxygen atoms in total. The first-order valence-electron chi connectivity index (χ1n) is 10.0. The number of halogens is 1. The fourth-order valence-corrected chi connectivity index (χ4v) is 3.36. The molecule has 1 unspecified atom stereocenters. The van der Waals surface area contributed by atoms with Gasteiger partial charge in [0.1, 0.15) is 11.6 Å². The highest BCUT2D eigenvalue weighted by Crippen LogP contribution is 2.23. The molecule has 0 radical (unpaired) electrons. The van der Waals surface area contributed by atoms with Gasteiger partial charge in [0.25, 0.3) is 5.91 Å². The maximum Gasteiger partial charge on any atom is 0.265 e. The van der Waals surface area contributed by atoms with Gasteiger partial charge in [-0.15, -0.1) is 10.2 Å². The maximum absolute atomic E-state index is 13.3. The minimum Gasteiger partial charge on any atom is -0.481 e. The molecular weight excluding hydrogens is 383 g/mol. The van der Waals surface area contributed by atoms with Crippen molar-refractivity contribution in [3.05, 3.63) is 66.5 Å². The smallest absolute Gasteiger partial charge is 0.265 e. The summed E-state index contributed by atoms with van der Waals surface area (Å²) < 4.78 is 18.8. The molecule has 1 amide bonds. The molecule has 1 aliphatic heterocycles. The second-order valence-electron chi connectivity index (χ2n) is 7.25. The van der Waals surface area contributed by atoms with Crippen LogP contribution in [0.5, 0.6) is 5.75 Å². The number of ether oxygens (including phenoxy) is 1. The average Bonchev–Trinajstić information content (AvgIpc) is 3.29. The van der Waals surface area contributed by atoms with E-state index in [9.17, 15) is 9.18 Å². The van der Waals surface area contributed by atoms with Gasteiger partial charge in [-0.1, -0.05) is 18.2 Å². The van der Waals surface area contributed by atoms with E-state index in [1.165, 1.54) is 31.0 Å². The Labute approximate surface area is 174 Å². The SMILES string of the molecule is CC(Oc1cccc(F)c1)C(=O)Nc1ccc(-c2ccc(N3CCCC3)nn2)cc1. The predicted molar refractivity (Wildman–Crippen MR) is 114 cm³/mol. The van der Waals surface area contributed by atoms with Gasteiger partial charge in [-0.05, 0) is 56.2 Å². The standard InChI is InChI=1S/C23H23FN4O2/c1-16(30-20-6-4-5-18(24)15-20)23(29)25-19-9-7-17(8-10-19)21-11-12-22(27-26-21)28-13-2-3-14-28/h4-12,15-16H,2-3,13-14H2,1H3,(H,25,29). The summed E-state index contributed by atoms with van der Waals surface area (Å²) in [6.45, 7) is 3.68. The van der Waals surface area contributed by atoms with Crippen LogP contribution in [-0.4, -0.2) is 35.3 Å². The van der Waals surface area contributed by atoms with Gasteiger partial charge in [0, 0.05) is 30.4 Å². The molecule has 2 aromatic carbocycles. The van der Waals surface area contributed by atoms with Gasteiger partial charge in [-0.2, -0.15) is 0 Å². The molecule has 1 saturated heterocycles.